The monoisotopic (exact) mass is 511 g/mol. The molecule has 0 spiro atoms. The van der Waals surface area contributed by atoms with Gasteiger partial charge in [-0.3, -0.25) is 15.1 Å². The van der Waals surface area contributed by atoms with E-state index in [2.05, 4.69) is 65.8 Å². The van der Waals surface area contributed by atoms with Crippen molar-refractivity contribution in [3.8, 4) is 28.5 Å². The number of pyridine rings is 2. The molecule has 2 aromatic carbocycles. The lowest BCUT2D eigenvalue weighted by Gasteiger charge is -2.07. The molecule has 39 heavy (non-hydrogen) atoms. The molecule has 0 saturated heterocycles. The number of imidazole rings is 2. The summed E-state index contributed by atoms with van der Waals surface area (Å²) in [5.74, 6) is 0.690. The van der Waals surface area contributed by atoms with E-state index in [1.54, 1.807) is 6.33 Å². The Kier molecular flexibility index (Phi) is 5.68. The number of nitrogens with one attached hydrogen (secondary N) is 3. The molecule has 0 aliphatic carbocycles. The zero-order chi connectivity index (χ0) is 26.2. The molecule has 190 valence electrons. The van der Waals surface area contributed by atoms with Crippen LogP contribution in [0.15, 0.2) is 91.8 Å². The topological polar surface area (TPSA) is 113 Å². The largest absolute Gasteiger partial charge is 0.336 e. The molecule has 0 atom stereocenters. The number of nitrogens with zero attached hydrogens (tertiary/aromatic N) is 6. The molecule has 0 radical (unpaired) electrons. The van der Waals surface area contributed by atoms with Gasteiger partial charge < -0.3 is 14.9 Å². The van der Waals surface area contributed by atoms with Crippen molar-refractivity contribution >= 4 is 21.9 Å². The summed E-state index contributed by atoms with van der Waals surface area (Å²) >= 11 is 0. The van der Waals surface area contributed by atoms with Crippen molar-refractivity contribution in [2.24, 2.45) is 0 Å². The van der Waals surface area contributed by atoms with E-state index in [0.29, 0.717) is 12.4 Å². The number of aromatic nitrogens is 8. The van der Waals surface area contributed by atoms with Gasteiger partial charge in [0.25, 0.3) is 0 Å². The van der Waals surface area contributed by atoms with Crippen LogP contribution in [0.25, 0.3) is 50.4 Å². The normalized spacial score (nSPS) is 11.5. The summed E-state index contributed by atoms with van der Waals surface area (Å²) in [7, 11) is 0. The van der Waals surface area contributed by atoms with Crippen LogP contribution in [-0.4, -0.2) is 39.7 Å². The molecule has 9 nitrogen and oxygen atoms in total. The minimum Gasteiger partial charge on any atom is -0.336 e. The first-order chi connectivity index (χ1) is 19.2. The van der Waals surface area contributed by atoms with E-state index in [9.17, 15) is 0 Å². The molecular formula is C30H25N9. The molecule has 5 heterocycles. The van der Waals surface area contributed by atoms with E-state index < -0.39 is 0 Å². The molecule has 9 heteroatoms. The van der Waals surface area contributed by atoms with Gasteiger partial charge in [0.15, 0.2) is 5.82 Å². The number of para-hydroxylation sites is 1. The molecule has 7 rings (SSSR count). The van der Waals surface area contributed by atoms with E-state index >= 15 is 0 Å². The third-order valence-electron chi connectivity index (χ3n) is 6.74. The van der Waals surface area contributed by atoms with E-state index in [-0.39, 0.29) is 0 Å². The summed E-state index contributed by atoms with van der Waals surface area (Å²) in [5.41, 5.74) is 9.40. The Balaban J connectivity index is 1.20. The van der Waals surface area contributed by atoms with Crippen molar-refractivity contribution in [2.45, 2.75) is 20.0 Å². The van der Waals surface area contributed by atoms with Gasteiger partial charge >= 0.3 is 0 Å². The molecule has 0 bridgehead atoms. The first-order valence-electron chi connectivity index (χ1n) is 12.7. The van der Waals surface area contributed by atoms with Crippen LogP contribution in [0.5, 0.6) is 0 Å². The van der Waals surface area contributed by atoms with E-state index in [1.807, 2.05) is 66.6 Å². The zero-order valence-corrected chi connectivity index (χ0v) is 21.3. The molecule has 0 aliphatic rings. The Labute approximate surface area is 224 Å². The fourth-order valence-electron chi connectivity index (χ4n) is 4.82. The van der Waals surface area contributed by atoms with Crippen LogP contribution in [0.3, 0.4) is 0 Å². The van der Waals surface area contributed by atoms with Gasteiger partial charge in [-0.25, -0.2) is 9.97 Å². The second kappa shape index (κ2) is 9.62. The molecule has 5 aromatic heterocycles. The summed E-state index contributed by atoms with van der Waals surface area (Å²) < 4.78 is 1.99. The lowest BCUT2D eigenvalue weighted by atomic mass is 10.1. The smallest absolute Gasteiger partial charge is 0.159 e. The van der Waals surface area contributed by atoms with Gasteiger partial charge in [-0.15, -0.1) is 0 Å². The van der Waals surface area contributed by atoms with E-state index in [1.165, 1.54) is 5.56 Å². The maximum absolute atomic E-state index is 4.94. The first kappa shape index (κ1) is 23.0. The lowest BCUT2D eigenvalue weighted by molar-refractivity contribution is 0.691. The highest BCUT2D eigenvalue weighted by Crippen LogP contribution is 2.30. The predicted molar refractivity (Wildman–Crippen MR) is 151 cm³/mol. The molecule has 7 aromatic rings. The predicted octanol–water partition coefficient (Wildman–Crippen LogP) is 5.35. The van der Waals surface area contributed by atoms with Crippen LogP contribution < -0.4 is 5.32 Å². The summed E-state index contributed by atoms with van der Waals surface area (Å²) in [6.07, 6.45) is 9.33. The van der Waals surface area contributed by atoms with Gasteiger partial charge in [0.1, 0.15) is 11.2 Å². The SMILES string of the molecule is Cc1cn(-c2cccc3[nH]c(-c4n[nH]c5cnc(-c6cncc(CNCc7ccccc7)c6)cc45)nc23)cn1. The highest BCUT2D eigenvalue weighted by molar-refractivity contribution is 5.95. The molecule has 0 aliphatic heterocycles. The van der Waals surface area contributed by atoms with Crippen molar-refractivity contribution in [1.82, 2.24) is 45.0 Å². The molecule has 0 saturated carbocycles. The van der Waals surface area contributed by atoms with E-state index in [4.69, 9.17) is 4.98 Å². The van der Waals surface area contributed by atoms with Crippen LogP contribution in [0.2, 0.25) is 0 Å². The van der Waals surface area contributed by atoms with Gasteiger partial charge in [-0.2, -0.15) is 5.10 Å². The first-order valence-corrected chi connectivity index (χ1v) is 12.7. The van der Waals surface area contributed by atoms with Crippen molar-refractivity contribution in [3.05, 3.63) is 109 Å². The Morgan fingerprint density at radius 2 is 1.77 bits per heavy atom. The van der Waals surface area contributed by atoms with Gasteiger partial charge in [-0.1, -0.05) is 36.4 Å². The molecule has 0 amide bonds. The van der Waals surface area contributed by atoms with Crippen molar-refractivity contribution in [3.63, 3.8) is 0 Å². The standard InChI is InChI=1S/C30H25N9/c1-19-17-39(18-34-19)27-9-5-8-24-29(27)36-30(35-24)28-23-11-25(33-16-26(23)37-38-28)22-10-21(14-32-15-22)13-31-12-20-6-3-2-4-7-20/h2-11,14-18,31H,12-13H2,1H3,(H,35,36)(H,37,38). The quantitative estimate of drug-likeness (QED) is 0.266. The Morgan fingerprint density at radius 1 is 0.872 bits per heavy atom. The third kappa shape index (κ3) is 4.45. The van der Waals surface area contributed by atoms with Crippen LogP contribution in [-0.2, 0) is 13.1 Å². The third-order valence-corrected chi connectivity index (χ3v) is 6.74. The minimum absolute atomic E-state index is 0.690. The minimum atomic E-state index is 0.690. The molecule has 0 unspecified atom stereocenters. The molecule has 0 fully saturated rings. The highest BCUT2D eigenvalue weighted by Gasteiger charge is 2.16. The van der Waals surface area contributed by atoms with Crippen LogP contribution >= 0.6 is 0 Å². The zero-order valence-electron chi connectivity index (χ0n) is 21.3. The van der Waals surface area contributed by atoms with Gasteiger partial charge in [0.05, 0.1) is 40.6 Å². The average molecular weight is 512 g/mol. The summed E-state index contributed by atoms with van der Waals surface area (Å²) in [6.45, 7) is 3.49. The molecule has 3 N–H and O–H groups in total. The highest BCUT2D eigenvalue weighted by atomic mass is 15.1. The number of H-pyrrole nitrogens is 2. The number of benzene rings is 2. The van der Waals surface area contributed by atoms with Crippen molar-refractivity contribution in [1.29, 1.82) is 0 Å². The Bertz CT molecular complexity index is 1910. The number of hydrogen-bond acceptors (Lipinski definition) is 6. The fraction of sp³-hybridized carbons (Fsp3) is 0.100. The van der Waals surface area contributed by atoms with Crippen LogP contribution in [0.1, 0.15) is 16.8 Å². The maximum atomic E-state index is 4.94. The summed E-state index contributed by atoms with van der Waals surface area (Å²) in [4.78, 5) is 21.9. The summed E-state index contributed by atoms with van der Waals surface area (Å²) in [6, 6.07) is 20.6. The van der Waals surface area contributed by atoms with Gasteiger partial charge in [-0.05, 0) is 42.3 Å². The Hall–Kier alpha value is -5.15. The van der Waals surface area contributed by atoms with Crippen LogP contribution in [0.4, 0.5) is 0 Å². The average Bonchev–Trinajstić information content (AvgIpc) is 3.71. The Morgan fingerprint density at radius 3 is 2.64 bits per heavy atom. The second-order valence-corrected chi connectivity index (χ2v) is 9.54. The number of rotatable bonds is 7. The fourth-order valence-corrected chi connectivity index (χ4v) is 4.82. The van der Waals surface area contributed by atoms with E-state index in [0.717, 1.165) is 62.4 Å². The van der Waals surface area contributed by atoms with Gasteiger partial charge in [0, 0.05) is 42.6 Å². The van der Waals surface area contributed by atoms with Crippen molar-refractivity contribution in [2.75, 3.05) is 0 Å². The second-order valence-electron chi connectivity index (χ2n) is 9.54. The lowest BCUT2D eigenvalue weighted by Crippen LogP contribution is -2.12. The molecular weight excluding hydrogens is 486 g/mol. The van der Waals surface area contributed by atoms with Crippen LogP contribution in [0, 0.1) is 6.92 Å². The maximum Gasteiger partial charge on any atom is 0.159 e. The van der Waals surface area contributed by atoms with Gasteiger partial charge in [0.2, 0.25) is 0 Å². The van der Waals surface area contributed by atoms with Crippen molar-refractivity contribution < 1.29 is 0 Å². The number of hydrogen-bond donors (Lipinski definition) is 3. The summed E-state index contributed by atoms with van der Waals surface area (Å²) in [5, 5.41) is 12.1. The number of aromatic amines is 2. The number of fused-ring (bicyclic) bond motifs is 2. The number of aryl methyl sites for hydroxylation is 1.